The molecule has 0 saturated heterocycles. The van der Waals surface area contributed by atoms with Crippen molar-refractivity contribution in [3.63, 3.8) is 0 Å². The smallest absolute Gasteiger partial charge is 0.259 e. The summed E-state index contributed by atoms with van der Waals surface area (Å²) < 4.78 is 0. The number of benzene rings is 2. The van der Waals surface area contributed by atoms with E-state index in [1.54, 1.807) is 6.07 Å². The number of halogens is 4. The van der Waals surface area contributed by atoms with Crippen molar-refractivity contribution >= 4 is 64.3 Å². The highest BCUT2D eigenvalue weighted by molar-refractivity contribution is 6.39. The van der Waals surface area contributed by atoms with E-state index in [2.05, 4.69) is 0 Å². The number of hydrogen-bond donors (Lipinski definition) is 0. The number of anilines is 1. The topological polar surface area (TPSA) is 37.4 Å². The molecule has 0 aliphatic rings. The minimum Gasteiger partial charge on any atom is -0.310 e. The predicted octanol–water partition coefficient (Wildman–Crippen LogP) is 5.39. The average molecular weight is 377 g/mol. The minimum absolute atomic E-state index is 0.133. The first kappa shape index (κ1) is 17.1. The van der Waals surface area contributed by atoms with Crippen LogP contribution in [0.4, 0.5) is 5.69 Å². The van der Waals surface area contributed by atoms with E-state index < -0.39 is 5.91 Å². The molecular weight excluding hydrogens is 368 g/mol. The average Bonchev–Trinajstić information content (AvgIpc) is 2.50. The van der Waals surface area contributed by atoms with Crippen LogP contribution in [-0.4, -0.2) is 19.2 Å². The van der Waals surface area contributed by atoms with Crippen LogP contribution in [0.3, 0.4) is 0 Å². The number of nitrogens with zero attached hydrogens (tertiary/aromatic N) is 1. The lowest BCUT2D eigenvalue weighted by molar-refractivity contribution is 0.0992. The van der Waals surface area contributed by atoms with Gasteiger partial charge in [0.1, 0.15) is 0 Å². The molecule has 0 atom stereocenters. The fraction of sp³-hybridized carbons (Fsp3) is 0.0667. The maximum Gasteiger partial charge on any atom is 0.259 e. The van der Waals surface area contributed by atoms with Crippen LogP contribution in [0.25, 0.3) is 0 Å². The van der Waals surface area contributed by atoms with Crippen LogP contribution in [0.5, 0.6) is 0 Å². The van der Waals surface area contributed by atoms with Gasteiger partial charge in [0.05, 0.1) is 21.3 Å². The van der Waals surface area contributed by atoms with Crippen LogP contribution < -0.4 is 4.90 Å². The summed E-state index contributed by atoms with van der Waals surface area (Å²) in [5.74, 6) is -0.423. The maximum absolute atomic E-state index is 12.6. The fourth-order valence-corrected chi connectivity index (χ4v) is 2.75. The first-order valence-electron chi connectivity index (χ1n) is 6.02. The van der Waals surface area contributed by atoms with Crippen LogP contribution >= 0.6 is 46.4 Å². The van der Waals surface area contributed by atoms with Gasteiger partial charge in [0.2, 0.25) is 0 Å². The molecule has 0 aliphatic heterocycles. The summed E-state index contributed by atoms with van der Waals surface area (Å²) >= 11 is 24.0. The number of amides is 1. The summed E-state index contributed by atoms with van der Waals surface area (Å²) in [4.78, 5) is 24.8. The van der Waals surface area contributed by atoms with E-state index in [1.807, 2.05) is 0 Å². The third-order valence-electron chi connectivity index (χ3n) is 3.00. The molecule has 1 amide bonds. The van der Waals surface area contributed by atoms with Crippen LogP contribution in [0.1, 0.15) is 20.7 Å². The Hall–Kier alpha value is -1.26. The van der Waals surface area contributed by atoms with Crippen molar-refractivity contribution in [2.75, 3.05) is 11.9 Å². The second-order valence-electron chi connectivity index (χ2n) is 4.43. The predicted molar refractivity (Wildman–Crippen MR) is 91.0 cm³/mol. The van der Waals surface area contributed by atoms with Gasteiger partial charge in [-0.25, -0.2) is 0 Å². The van der Waals surface area contributed by atoms with Crippen molar-refractivity contribution in [1.82, 2.24) is 0 Å². The van der Waals surface area contributed by atoms with Gasteiger partial charge in [0.15, 0.2) is 6.29 Å². The summed E-state index contributed by atoms with van der Waals surface area (Å²) in [5, 5.41) is 1.06. The van der Waals surface area contributed by atoms with Gasteiger partial charge in [-0.05, 0) is 30.3 Å². The number of hydrogen-bond acceptors (Lipinski definition) is 2. The molecule has 0 radical (unpaired) electrons. The van der Waals surface area contributed by atoms with Crippen LogP contribution in [-0.2, 0) is 0 Å². The second kappa shape index (κ2) is 6.88. The van der Waals surface area contributed by atoms with Gasteiger partial charge < -0.3 is 4.90 Å². The normalized spacial score (nSPS) is 10.4. The molecule has 7 heteroatoms. The molecule has 0 spiro atoms. The molecule has 0 N–H and O–H groups in total. The Morgan fingerprint density at radius 2 is 1.73 bits per heavy atom. The molecule has 0 fully saturated rings. The van der Waals surface area contributed by atoms with Gasteiger partial charge in [0.25, 0.3) is 5.91 Å². The summed E-state index contributed by atoms with van der Waals surface area (Å²) in [6.07, 6.45) is 0.572. The highest BCUT2D eigenvalue weighted by Gasteiger charge is 2.21. The summed E-state index contributed by atoms with van der Waals surface area (Å²) in [7, 11) is 1.51. The van der Waals surface area contributed by atoms with Crippen molar-refractivity contribution in [2.24, 2.45) is 0 Å². The standard InChI is InChI=1S/C15H9Cl4NO2/c1-20(13-6-10(17)4-8(7-21)14(13)19)15(22)11-5-9(16)2-3-12(11)18/h2-7H,1H3. The first-order valence-corrected chi connectivity index (χ1v) is 7.53. The lowest BCUT2D eigenvalue weighted by Crippen LogP contribution is -2.27. The van der Waals surface area contributed by atoms with Crippen LogP contribution in [0.2, 0.25) is 20.1 Å². The highest BCUT2D eigenvalue weighted by Crippen LogP contribution is 2.33. The summed E-state index contributed by atoms with van der Waals surface area (Å²) in [6.45, 7) is 0. The molecule has 114 valence electrons. The SMILES string of the molecule is CN(C(=O)c1cc(Cl)ccc1Cl)c1cc(Cl)cc(C=O)c1Cl. The molecule has 3 nitrogen and oxygen atoms in total. The Morgan fingerprint density at radius 3 is 2.36 bits per heavy atom. The number of rotatable bonds is 3. The number of aldehydes is 1. The fourth-order valence-electron chi connectivity index (χ4n) is 1.88. The third kappa shape index (κ3) is 3.39. The Bertz CT molecular complexity index is 761. The quantitative estimate of drug-likeness (QED) is 0.673. The molecule has 2 rings (SSSR count). The Balaban J connectivity index is 2.50. The van der Waals surface area contributed by atoms with E-state index in [1.165, 1.54) is 36.2 Å². The van der Waals surface area contributed by atoms with E-state index in [0.29, 0.717) is 22.0 Å². The summed E-state index contributed by atoms with van der Waals surface area (Å²) in [6, 6.07) is 7.49. The van der Waals surface area contributed by atoms with Gasteiger partial charge in [-0.3, -0.25) is 9.59 Å². The number of carbonyl (C=O) groups is 2. The van der Waals surface area contributed by atoms with Crippen molar-refractivity contribution < 1.29 is 9.59 Å². The summed E-state index contributed by atoms with van der Waals surface area (Å²) in [5.41, 5.74) is 0.721. The van der Waals surface area contributed by atoms with Gasteiger partial charge in [-0.2, -0.15) is 0 Å². The van der Waals surface area contributed by atoms with Gasteiger partial charge >= 0.3 is 0 Å². The van der Waals surface area contributed by atoms with Crippen molar-refractivity contribution in [3.8, 4) is 0 Å². The Labute approximate surface area is 147 Å². The van der Waals surface area contributed by atoms with E-state index in [9.17, 15) is 9.59 Å². The van der Waals surface area contributed by atoms with Crippen LogP contribution in [0, 0.1) is 0 Å². The van der Waals surface area contributed by atoms with Gasteiger partial charge in [-0.15, -0.1) is 0 Å². The molecule has 0 bridgehead atoms. The minimum atomic E-state index is -0.423. The lowest BCUT2D eigenvalue weighted by Gasteiger charge is -2.20. The zero-order valence-corrected chi connectivity index (χ0v) is 14.3. The van der Waals surface area contributed by atoms with Crippen molar-refractivity contribution in [3.05, 3.63) is 61.5 Å². The molecule has 0 aliphatic carbocycles. The zero-order chi connectivity index (χ0) is 16.4. The molecule has 2 aromatic carbocycles. The van der Waals surface area contributed by atoms with Crippen molar-refractivity contribution in [2.45, 2.75) is 0 Å². The maximum atomic E-state index is 12.6. The van der Waals surface area contributed by atoms with Crippen molar-refractivity contribution in [1.29, 1.82) is 0 Å². The zero-order valence-electron chi connectivity index (χ0n) is 11.2. The van der Waals surface area contributed by atoms with Gasteiger partial charge in [-0.1, -0.05) is 46.4 Å². The Kier molecular flexibility index (Phi) is 5.35. The molecule has 0 unspecified atom stereocenters. The van der Waals surface area contributed by atoms with E-state index in [-0.39, 0.29) is 21.2 Å². The van der Waals surface area contributed by atoms with E-state index in [4.69, 9.17) is 46.4 Å². The molecule has 22 heavy (non-hydrogen) atoms. The highest BCUT2D eigenvalue weighted by atomic mass is 35.5. The molecule has 2 aromatic rings. The first-order chi connectivity index (χ1) is 10.3. The van der Waals surface area contributed by atoms with E-state index in [0.717, 1.165) is 0 Å². The third-order valence-corrected chi connectivity index (χ3v) is 4.19. The number of carbonyl (C=O) groups excluding carboxylic acids is 2. The van der Waals surface area contributed by atoms with Gasteiger partial charge in [0, 0.05) is 22.7 Å². The Morgan fingerprint density at radius 1 is 1.05 bits per heavy atom. The molecular formula is C15H9Cl4NO2. The lowest BCUT2D eigenvalue weighted by atomic mass is 10.1. The molecule has 0 saturated carbocycles. The molecule has 0 aromatic heterocycles. The molecule has 0 heterocycles. The monoisotopic (exact) mass is 375 g/mol. The largest absolute Gasteiger partial charge is 0.310 e. The second-order valence-corrected chi connectivity index (χ2v) is 6.09. The van der Waals surface area contributed by atoms with E-state index >= 15 is 0 Å². The van der Waals surface area contributed by atoms with Crippen LogP contribution in [0.15, 0.2) is 30.3 Å².